The van der Waals surface area contributed by atoms with Gasteiger partial charge in [0.15, 0.2) is 16.8 Å². The summed E-state index contributed by atoms with van der Waals surface area (Å²) in [6, 6.07) is 12.0. The monoisotopic (exact) mass is 506 g/mol. The first-order chi connectivity index (χ1) is 17.0. The van der Waals surface area contributed by atoms with Gasteiger partial charge >= 0.3 is 0 Å². The van der Waals surface area contributed by atoms with Crippen molar-refractivity contribution in [3.8, 4) is 22.0 Å². The number of rotatable bonds is 4. The Bertz CT molecular complexity index is 1340. The van der Waals surface area contributed by atoms with Crippen LogP contribution in [-0.2, 0) is 17.8 Å². The first kappa shape index (κ1) is 22.4. The fraction of sp³-hybridized carbons (Fsp3) is 0.360. The van der Waals surface area contributed by atoms with Crippen LogP contribution in [0.4, 0.5) is 5.13 Å². The number of carbonyl (C=O) groups excluding carboxylic acids is 1. The van der Waals surface area contributed by atoms with E-state index in [1.165, 1.54) is 4.88 Å². The first-order valence-electron chi connectivity index (χ1n) is 11.7. The van der Waals surface area contributed by atoms with Gasteiger partial charge < -0.3 is 19.1 Å². The van der Waals surface area contributed by atoms with E-state index in [1.54, 1.807) is 22.7 Å². The molecule has 0 radical (unpaired) electrons. The smallest absolute Gasteiger partial charge is 0.254 e. The van der Waals surface area contributed by atoms with Gasteiger partial charge in [0.25, 0.3) is 5.91 Å². The molecule has 0 saturated carbocycles. The molecule has 1 aromatic carbocycles. The van der Waals surface area contributed by atoms with Crippen LogP contribution in [0.1, 0.15) is 30.0 Å². The second-order valence-electron chi connectivity index (χ2n) is 9.42. The number of ether oxygens (including phenoxy) is 1. The van der Waals surface area contributed by atoms with Gasteiger partial charge in [0, 0.05) is 42.0 Å². The number of thiazole rings is 1. The molecule has 0 aliphatic carbocycles. The van der Waals surface area contributed by atoms with E-state index in [2.05, 4.69) is 45.0 Å². The van der Waals surface area contributed by atoms with E-state index in [4.69, 9.17) is 9.72 Å². The van der Waals surface area contributed by atoms with Crippen LogP contribution in [0.2, 0.25) is 0 Å². The number of anilines is 1. The predicted octanol–water partition coefficient (Wildman–Crippen LogP) is 4.40. The highest BCUT2D eigenvalue weighted by molar-refractivity contribution is 7.14. The molecule has 1 fully saturated rings. The summed E-state index contributed by atoms with van der Waals surface area (Å²) in [7, 11) is 0. The predicted molar refractivity (Wildman–Crippen MR) is 138 cm³/mol. The quantitative estimate of drug-likeness (QED) is 0.408. The lowest BCUT2D eigenvalue weighted by molar-refractivity contribution is -0.0277. The molecule has 0 spiro atoms. The Morgan fingerprint density at radius 3 is 2.69 bits per heavy atom. The summed E-state index contributed by atoms with van der Waals surface area (Å²) >= 11 is 3.32. The average molecular weight is 507 g/mol. The number of thiophene rings is 1. The molecule has 0 atom stereocenters. The fourth-order valence-electron chi connectivity index (χ4n) is 4.61. The minimum atomic E-state index is -0.182. The zero-order valence-electron chi connectivity index (χ0n) is 19.7. The summed E-state index contributed by atoms with van der Waals surface area (Å²) < 4.78 is 7.92. The largest absolute Gasteiger partial charge is 0.372 e. The van der Waals surface area contributed by atoms with Gasteiger partial charge in [-0.1, -0.05) is 18.2 Å². The van der Waals surface area contributed by atoms with Crippen molar-refractivity contribution in [3.63, 3.8) is 0 Å². The summed E-state index contributed by atoms with van der Waals surface area (Å²) in [5.41, 5.74) is 2.47. The number of aromatic nitrogens is 4. The zero-order valence-corrected chi connectivity index (χ0v) is 21.3. The highest BCUT2D eigenvalue weighted by atomic mass is 32.1. The standard InChI is InChI=1S/C25H26N6O2S2/c1-25(2)16-30(11-12-33-25)24-26-19(15-35-24)22-28-27-21-14-29(9-10-31(21)22)23(32)18-7-5-17(6-8-18)20-4-3-13-34-20/h3-8,13,15H,9-12,14,16H2,1-2H3. The molecule has 180 valence electrons. The second kappa shape index (κ2) is 8.85. The van der Waals surface area contributed by atoms with E-state index < -0.39 is 0 Å². The van der Waals surface area contributed by atoms with E-state index in [-0.39, 0.29) is 11.5 Å². The van der Waals surface area contributed by atoms with Gasteiger partial charge in [0.1, 0.15) is 5.69 Å². The van der Waals surface area contributed by atoms with E-state index in [0.717, 1.165) is 41.1 Å². The second-order valence-corrected chi connectivity index (χ2v) is 11.2. The molecule has 35 heavy (non-hydrogen) atoms. The molecule has 2 aliphatic heterocycles. The van der Waals surface area contributed by atoms with Gasteiger partial charge in [-0.05, 0) is 43.0 Å². The molecule has 1 amide bonds. The molecule has 0 N–H and O–H groups in total. The number of hydrogen-bond donors (Lipinski definition) is 0. The van der Waals surface area contributed by atoms with Crippen LogP contribution in [0.3, 0.4) is 0 Å². The molecule has 6 rings (SSSR count). The Labute approximate surface area is 211 Å². The third-order valence-electron chi connectivity index (χ3n) is 6.40. The highest BCUT2D eigenvalue weighted by Gasteiger charge is 2.30. The number of morpholine rings is 1. The molecule has 3 aromatic heterocycles. The normalized spacial score (nSPS) is 17.4. The maximum Gasteiger partial charge on any atom is 0.254 e. The topological polar surface area (TPSA) is 76.4 Å². The lowest BCUT2D eigenvalue weighted by Crippen LogP contribution is -2.48. The number of hydrogen-bond acceptors (Lipinski definition) is 8. The van der Waals surface area contributed by atoms with Gasteiger partial charge in [0.05, 0.1) is 18.8 Å². The number of fused-ring (bicyclic) bond motifs is 1. The summed E-state index contributed by atoms with van der Waals surface area (Å²) in [6.07, 6.45) is 0. The van der Waals surface area contributed by atoms with Gasteiger partial charge in [-0.3, -0.25) is 4.79 Å². The average Bonchev–Trinajstić information content (AvgIpc) is 3.63. The molecule has 2 aliphatic rings. The van der Waals surface area contributed by atoms with Crippen molar-refractivity contribution in [2.75, 3.05) is 31.1 Å². The lowest BCUT2D eigenvalue weighted by atomic mass is 10.1. The summed E-state index contributed by atoms with van der Waals surface area (Å²) in [5, 5.41) is 13.9. The van der Waals surface area contributed by atoms with E-state index in [9.17, 15) is 4.79 Å². The van der Waals surface area contributed by atoms with Crippen molar-refractivity contribution in [2.45, 2.75) is 32.5 Å². The van der Waals surface area contributed by atoms with Crippen LogP contribution in [0.5, 0.6) is 0 Å². The minimum absolute atomic E-state index is 0.0180. The van der Waals surface area contributed by atoms with Crippen molar-refractivity contribution in [1.29, 1.82) is 0 Å². The minimum Gasteiger partial charge on any atom is -0.372 e. The maximum atomic E-state index is 13.2. The van der Waals surface area contributed by atoms with E-state index >= 15 is 0 Å². The van der Waals surface area contributed by atoms with Gasteiger partial charge in [-0.2, -0.15) is 0 Å². The lowest BCUT2D eigenvalue weighted by Gasteiger charge is -2.37. The van der Waals surface area contributed by atoms with Crippen molar-refractivity contribution in [3.05, 3.63) is 58.5 Å². The Balaban J connectivity index is 1.16. The number of carbonyl (C=O) groups is 1. The van der Waals surface area contributed by atoms with Crippen molar-refractivity contribution in [2.24, 2.45) is 0 Å². The van der Waals surface area contributed by atoms with Crippen LogP contribution < -0.4 is 4.90 Å². The number of amides is 1. The third kappa shape index (κ3) is 4.37. The van der Waals surface area contributed by atoms with Gasteiger partial charge in [-0.15, -0.1) is 32.9 Å². The van der Waals surface area contributed by atoms with Crippen molar-refractivity contribution in [1.82, 2.24) is 24.6 Å². The molecule has 1 saturated heterocycles. The van der Waals surface area contributed by atoms with Crippen LogP contribution in [0.15, 0.2) is 47.2 Å². The molecule has 0 bridgehead atoms. The molecular weight excluding hydrogens is 480 g/mol. The highest BCUT2D eigenvalue weighted by Crippen LogP contribution is 2.31. The molecule has 5 heterocycles. The Kier molecular flexibility index (Phi) is 5.66. The van der Waals surface area contributed by atoms with E-state index in [1.807, 2.05) is 40.6 Å². The summed E-state index contributed by atoms with van der Waals surface area (Å²) in [4.78, 5) is 23.3. The maximum absolute atomic E-state index is 13.2. The first-order valence-corrected chi connectivity index (χ1v) is 13.4. The van der Waals surface area contributed by atoms with Gasteiger partial charge in [-0.25, -0.2) is 4.98 Å². The van der Waals surface area contributed by atoms with Crippen LogP contribution in [0.25, 0.3) is 22.0 Å². The third-order valence-corrected chi connectivity index (χ3v) is 8.22. The van der Waals surface area contributed by atoms with Crippen molar-refractivity contribution < 1.29 is 9.53 Å². The van der Waals surface area contributed by atoms with Crippen molar-refractivity contribution >= 4 is 33.7 Å². The molecular formula is C25H26N6O2S2. The summed E-state index contributed by atoms with van der Waals surface area (Å²) in [6.45, 7) is 8.24. The SMILES string of the molecule is CC1(C)CN(c2nc(-c3nnc4n3CCN(C(=O)c3ccc(-c5cccs5)cc3)C4)cs2)CCO1. The fourth-order valence-corrected chi connectivity index (χ4v) is 6.18. The molecule has 0 unspecified atom stereocenters. The number of benzene rings is 1. The Morgan fingerprint density at radius 1 is 1.06 bits per heavy atom. The van der Waals surface area contributed by atoms with E-state index in [0.29, 0.717) is 31.8 Å². The molecule has 8 nitrogen and oxygen atoms in total. The van der Waals surface area contributed by atoms with Gasteiger partial charge in [0.2, 0.25) is 0 Å². The summed E-state index contributed by atoms with van der Waals surface area (Å²) in [5.74, 6) is 1.57. The van der Waals surface area contributed by atoms with Crippen LogP contribution >= 0.6 is 22.7 Å². The zero-order chi connectivity index (χ0) is 24.0. The molecule has 10 heteroatoms. The molecule has 4 aromatic rings. The van der Waals surface area contributed by atoms with Crippen LogP contribution in [-0.4, -0.2) is 62.4 Å². The Hall–Kier alpha value is -3.08. The Morgan fingerprint density at radius 2 is 1.91 bits per heavy atom. The number of nitrogens with zero attached hydrogens (tertiary/aromatic N) is 6. The van der Waals surface area contributed by atoms with Crippen LogP contribution in [0, 0.1) is 0 Å².